The first kappa shape index (κ1) is 69.5. The van der Waals surface area contributed by atoms with Crippen LogP contribution in [0.4, 0.5) is 0 Å². The number of likely N-dealkylation sites (N-methyl/N-ethyl adjacent to an activating group) is 1. The minimum Gasteiger partial charge on any atom is -0.481 e. The zero-order chi connectivity index (χ0) is 60.4. The summed E-state index contributed by atoms with van der Waals surface area (Å²) < 4.78 is 0. The van der Waals surface area contributed by atoms with Crippen LogP contribution in [0.15, 0.2) is 4.99 Å². The molecule has 0 aliphatic heterocycles. The molecule has 80 heavy (non-hydrogen) atoms. The standard InChI is InChI=1S/C53H90N12O15/c1-28(2)22-39(60-46(72)36(56)23-32-12-9-8-10-13-32)49(75)61-40(24-33-15-17-34(67)18-16-33)50(76)58-37(14-11-21-57-27-55)47(73)62-41(25-42(69)70)51(77)59-38(20-19-35(68)26-54)48(74)64-44(31(6)66)52(78)65(7)30(5)45(71)63-43(29(3)4)53(79)80/h26-34,36-41,43-44,54,66-67H,8-25,56H2,1-7H3,(H2,55,57)(H,58,76)(H,59,77)(H,60,72)(H,61,75)(H,62,73)(H,63,71)(H,64,74)(H,69,70)(H,79,80). The van der Waals surface area contributed by atoms with Gasteiger partial charge in [-0.15, -0.1) is 0 Å². The van der Waals surface area contributed by atoms with Gasteiger partial charge in [0, 0.05) is 20.0 Å². The molecule has 0 radical (unpaired) electrons. The monoisotopic (exact) mass is 1130 g/mol. The van der Waals surface area contributed by atoms with E-state index in [-0.39, 0.29) is 50.0 Å². The largest absolute Gasteiger partial charge is 0.481 e. The smallest absolute Gasteiger partial charge is 0.326 e. The van der Waals surface area contributed by atoms with E-state index in [2.05, 4.69) is 42.2 Å². The van der Waals surface area contributed by atoms with Crippen molar-refractivity contribution in [2.45, 2.75) is 217 Å². The molecule has 8 amide bonds. The number of carboxylic acids is 2. The van der Waals surface area contributed by atoms with E-state index in [0.717, 1.165) is 57.3 Å². The number of nitrogens with one attached hydrogen (secondary N) is 8. The summed E-state index contributed by atoms with van der Waals surface area (Å²) in [4.78, 5) is 153. The number of hydrogen-bond acceptors (Lipinski definition) is 16. The third-order valence-electron chi connectivity index (χ3n) is 14.6. The number of hydrogen-bond donors (Lipinski definition) is 14. The molecule has 2 fully saturated rings. The van der Waals surface area contributed by atoms with Gasteiger partial charge in [0.05, 0.1) is 37.2 Å². The van der Waals surface area contributed by atoms with E-state index in [1.807, 2.05) is 13.8 Å². The number of rotatable bonds is 35. The van der Waals surface area contributed by atoms with Crippen molar-refractivity contribution in [2.75, 3.05) is 13.6 Å². The fraction of sp³-hybridized carbons (Fsp3) is 0.755. The minimum atomic E-state index is -1.98. The highest BCUT2D eigenvalue weighted by Gasteiger charge is 2.39. The fourth-order valence-corrected chi connectivity index (χ4v) is 9.66. The molecule has 0 aromatic heterocycles. The van der Waals surface area contributed by atoms with Crippen LogP contribution < -0.4 is 48.7 Å². The first-order valence-electron chi connectivity index (χ1n) is 27.8. The van der Waals surface area contributed by atoms with Gasteiger partial charge in [-0.25, -0.2) is 4.79 Å². The van der Waals surface area contributed by atoms with Gasteiger partial charge in [0.1, 0.15) is 48.3 Å². The normalized spacial score (nSPS) is 19.5. The van der Waals surface area contributed by atoms with Crippen LogP contribution in [0.5, 0.6) is 0 Å². The van der Waals surface area contributed by atoms with E-state index >= 15 is 0 Å². The van der Waals surface area contributed by atoms with Gasteiger partial charge in [0.25, 0.3) is 0 Å². The molecular weight excluding hydrogens is 1040 g/mol. The van der Waals surface area contributed by atoms with Crippen molar-refractivity contribution >= 4 is 77.5 Å². The molecular formula is C53H90N12O15. The number of nitrogens with two attached hydrogens (primary N) is 2. The first-order chi connectivity index (χ1) is 37.6. The maximum absolute atomic E-state index is 14.5. The molecule has 16 N–H and O–H groups in total. The topological polar surface area (TPSA) is 444 Å². The van der Waals surface area contributed by atoms with E-state index in [9.17, 15) is 73.2 Å². The van der Waals surface area contributed by atoms with Crippen LogP contribution in [0.25, 0.3) is 0 Å². The number of carboxylic acid groups (broad SMARTS) is 2. The number of Topliss-reactive ketones (excluding diaryl/α,β-unsaturated/α-hetero) is 1. The number of nitrogens with zero attached hydrogens (tertiary/aromatic N) is 2. The Morgan fingerprint density at radius 2 is 1.14 bits per heavy atom. The van der Waals surface area contributed by atoms with Crippen molar-refractivity contribution < 1.29 is 73.2 Å². The number of ketones is 1. The Labute approximate surface area is 468 Å². The van der Waals surface area contributed by atoms with Gasteiger partial charge in [0.15, 0.2) is 5.78 Å². The van der Waals surface area contributed by atoms with Crippen LogP contribution in [-0.2, 0) is 52.7 Å². The number of aliphatic hydroxyl groups is 2. The summed E-state index contributed by atoms with van der Waals surface area (Å²) in [7, 11) is 1.15. The second-order valence-electron chi connectivity index (χ2n) is 22.1. The number of aliphatic hydroxyl groups excluding tert-OH is 2. The molecule has 0 aromatic rings. The highest BCUT2D eigenvalue weighted by atomic mass is 16.4. The van der Waals surface area contributed by atoms with Gasteiger partial charge in [-0.3, -0.25) is 52.9 Å². The molecule has 10 unspecified atom stereocenters. The van der Waals surface area contributed by atoms with Crippen LogP contribution in [0, 0.1) is 29.1 Å². The van der Waals surface area contributed by atoms with Crippen LogP contribution >= 0.6 is 0 Å². The molecule has 452 valence electrons. The van der Waals surface area contributed by atoms with Crippen molar-refractivity contribution in [1.29, 1.82) is 5.41 Å². The lowest BCUT2D eigenvalue weighted by molar-refractivity contribution is -0.147. The number of aliphatic carboxylic acids is 2. The zero-order valence-electron chi connectivity index (χ0n) is 47.4. The van der Waals surface area contributed by atoms with Crippen molar-refractivity contribution in [3.05, 3.63) is 0 Å². The third kappa shape index (κ3) is 24.4. The molecule has 0 aromatic carbocycles. The molecule has 0 spiro atoms. The summed E-state index contributed by atoms with van der Waals surface area (Å²) in [6.07, 6.45) is 4.69. The predicted octanol–water partition coefficient (Wildman–Crippen LogP) is -1.13. The van der Waals surface area contributed by atoms with Crippen molar-refractivity contribution in [2.24, 2.45) is 40.1 Å². The lowest BCUT2D eigenvalue weighted by Gasteiger charge is -2.32. The molecule has 2 aliphatic rings. The van der Waals surface area contributed by atoms with Crippen LogP contribution in [0.1, 0.15) is 151 Å². The number of carbonyl (C=O) groups is 11. The van der Waals surface area contributed by atoms with Crippen molar-refractivity contribution in [3.8, 4) is 0 Å². The maximum atomic E-state index is 14.5. The summed E-state index contributed by atoms with van der Waals surface area (Å²) in [6, 6.07) is -13.1. The van der Waals surface area contributed by atoms with E-state index in [4.69, 9.17) is 16.9 Å². The van der Waals surface area contributed by atoms with Gasteiger partial charge in [-0.05, 0) is 102 Å². The SMILES string of the molecule is CC(C)CC(NC(=O)C(N)CC1CCCCC1)C(=O)NC(CC1CCC(O)CC1)C(=O)NC(CCCN=CN)C(=O)NC(CC(=O)O)C(=O)NC(CCC(=O)C=N)C(=O)NC(C(=O)N(C)C(C)C(=O)NC(C(=O)O)C(C)C)C(C)O. The summed E-state index contributed by atoms with van der Waals surface area (Å²) in [5, 5.41) is 65.3. The van der Waals surface area contributed by atoms with E-state index in [1.54, 1.807) is 13.8 Å². The Balaban J connectivity index is 2.48. The fourth-order valence-electron chi connectivity index (χ4n) is 9.66. The van der Waals surface area contributed by atoms with Crippen LogP contribution in [0.2, 0.25) is 0 Å². The zero-order valence-corrected chi connectivity index (χ0v) is 47.4. The number of aliphatic imine (C=N–C) groups is 1. The van der Waals surface area contributed by atoms with E-state index in [1.165, 1.54) is 6.92 Å². The Morgan fingerprint density at radius 3 is 1.68 bits per heavy atom. The molecule has 2 rings (SSSR count). The predicted molar refractivity (Wildman–Crippen MR) is 293 cm³/mol. The Kier molecular flexibility index (Phi) is 30.6. The Morgan fingerprint density at radius 1 is 0.637 bits per heavy atom. The maximum Gasteiger partial charge on any atom is 0.326 e. The number of amides is 8. The highest BCUT2D eigenvalue weighted by Crippen LogP contribution is 2.29. The molecule has 0 saturated heterocycles. The third-order valence-corrected chi connectivity index (χ3v) is 14.6. The Hall–Kier alpha value is -6.61. The summed E-state index contributed by atoms with van der Waals surface area (Å²) >= 11 is 0. The quantitative estimate of drug-likeness (QED) is 0.0203. The molecule has 0 heterocycles. The Bertz CT molecular complexity index is 2150. The number of carbonyl (C=O) groups excluding carboxylic acids is 9. The van der Waals surface area contributed by atoms with Crippen molar-refractivity contribution in [3.63, 3.8) is 0 Å². The van der Waals surface area contributed by atoms with Crippen LogP contribution in [-0.4, -0.2) is 183 Å². The first-order valence-corrected chi connectivity index (χ1v) is 27.8. The molecule has 10 atom stereocenters. The van der Waals surface area contributed by atoms with Gasteiger partial charge in [-0.2, -0.15) is 0 Å². The van der Waals surface area contributed by atoms with Gasteiger partial charge in [-0.1, -0.05) is 59.8 Å². The van der Waals surface area contributed by atoms with E-state index in [0.29, 0.717) is 38.3 Å². The van der Waals surface area contributed by atoms with E-state index < -0.39 is 157 Å². The molecule has 2 saturated carbocycles. The summed E-state index contributed by atoms with van der Waals surface area (Å²) in [5.41, 5.74) is 11.8. The van der Waals surface area contributed by atoms with Gasteiger partial charge < -0.3 is 79.4 Å². The second kappa shape index (κ2) is 35.2. The molecule has 27 heteroatoms. The summed E-state index contributed by atoms with van der Waals surface area (Å²) in [6.45, 7) is 9.27. The average Bonchev–Trinajstić information content (AvgIpc) is 3.40. The minimum absolute atomic E-state index is 0.0608. The van der Waals surface area contributed by atoms with Gasteiger partial charge >= 0.3 is 11.9 Å². The van der Waals surface area contributed by atoms with Gasteiger partial charge in [0.2, 0.25) is 47.3 Å². The van der Waals surface area contributed by atoms with Crippen LogP contribution in [0.3, 0.4) is 0 Å². The second-order valence-corrected chi connectivity index (χ2v) is 22.1. The molecule has 2 aliphatic carbocycles. The average molecular weight is 1140 g/mol. The molecule has 0 bridgehead atoms. The molecule has 27 nitrogen and oxygen atoms in total. The van der Waals surface area contributed by atoms with Crippen molar-refractivity contribution in [1.82, 2.24) is 42.1 Å². The summed E-state index contributed by atoms with van der Waals surface area (Å²) in [5.74, 6) is -11.8. The lowest BCUT2D eigenvalue weighted by atomic mass is 9.83. The lowest BCUT2D eigenvalue weighted by Crippen LogP contribution is -2.62. The highest BCUT2D eigenvalue weighted by molar-refractivity contribution is 6.26.